The summed E-state index contributed by atoms with van der Waals surface area (Å²) in [5, 5.41) is 2.82. The summed E-state index contributed by atoms with van der Waals surface area (Å²) >= 11 is 0. The van der Waals surface area contributed by atoms with E-state index in [0.29, 0.717) is 28.6 Å². The van der Waals surface area contributed by atoms with E-state index >= 15 is 0 Å². The summed E-state index contributed by atoms with van der Waals surface area (Å²) in [6.45, 7) is 2.90. The van der Waals surface area contributed by atoms with Crippen molar-refractivity contribution in [3.8, 4) is 22.6 Å². The molecule has 1 aliphatic heterocycles. The molecule has 174 valence electrons. The van der Waals surface area contributed by atoms with E-state index in [1.165, 1.54) is 17.6 Å². The molecule has 1 fully saturated rings. The molecule has 0 unspecified atom stereocenters. The lowest BCUT2D eigenvalue weighted by Gasteiger charge is -2.19. The van der Waals surface area contributed by atoms with Gasteiger partial charge in [-0.2, -0.15) is 0 Å². The molecular formula is C26H26N4O4. The minimum Gasteiger partial charge on any atom is -0.452 e. The van der Waals surface area contributed by atoms with Crippen LogP contribution in [0.25, 0.3) is 22.2 Å². The molecule has 1 saturated heterocycles. The fraction of sp³-hybridized carbons (Fsp3) is 0.269. The summed E-state index contributed by atoms with van der Waals surface area (Å²) in [6, 6.07) is 14.5. The van der Waals surface area contributed by atoms with Crippen molar-refractivity contribution >= 4 is 22.6 Å². The summed E-state index contributed by atoms with van der Waals surface area (Å²) in [4.78, 5) is 32.1. The van der Waals surface area contributed by atoms with Gasteiger partial charge in [0.2, 0.25) is 11.5 Å². The van der Waals surface area contributed by atoms with Crippen molar-refractivity contribution in [2.75, 3.05) is 18.5 Å². The number of carbonyl (C=O) groups is 1. The van der Waals surface area contributed by atoms with Gasteiger partial charge in [0.05, 0.1) is 11.2 Å². The van der Waals surface area contributed by atoms with E-state index in [9.17, 15) is 9.59 Å². The molecule has 1 aliphatic rings. The maximum Gasteiger partial charge on any atom is 0.250 e. The van der Waals surface area contributed by atoms with Crippen LogP contribution in [0.2, 0.25) is 0 Å². The van der Waals surface area contributed by atoms with Gasteiger partial charge in [-0.1, -0.05) is 12.1 Å². The number of fused-ring (bicyclic) bond motifs is 1. The molecule has 3 heterocycles. The normalized spacial score (nSPS) is 14.3. The summed E-state index contributed by atoms with van der Waals surface area (Å²) < 4.78 is 13.5. The number of para-hydroxylation sites is 2. The van der Waals surface area contributed by atoms with Crippen molar-refractivity contribution in [3.63, 3.8) is 0 Å². The number of hydrogen-bond donors (Lipinski definition) is 2. The number of carbonyl (C=O) groups excluding carboxylic acids is 1. The van der Waals surface area contributed by atoms with Gasteiger partial charge in [-0.05, 0) is 43.2 Å². The number of rotatable bonds is 5. The van der Waals surface area contributed by atoms with E-state index in [-0.39, 0.29) is 11.5 Å². The van der Waals surface area contributed by atoms with E-state index in [2.05, 4.69) is 10.3 Å². The number of nitrogens with zero attached hydrogens (tertiary/aromatic N) is 2. The van der Waals surface area contributed by atoms with Gasteiger partial charge in [0.25, 0.3) is 0 Å². The van der Waals surface area contributed by atoms with Crippen LogP contribution in [0.4, 0.5) is 5.69 Å². The number of pyridine rings is 1. The summed E-state index contributed by atoms with van der Waals surface area (Å²) in [5.41, 5.74) is 3.66. The Kier molecular flexibility index (Phi) is 5.90. The molecule has 0 radical (unpaired) electrons. The lowest BCUT2D eigenvalue weighted by atomic mass is 10.00. The van der Waals surface area contributed by atoms with Crippen LogP contribution in [0.5, 0.6) is 11.5 Å². The SMILES string of the molecule is CC(=O)Nc1ccccc1Oc1c(-c2ccc(=O)n(C)c2)ccc2[nH]c(C3CCOCC3)nc12. The number of benzene rings is 2. The first-order valence-electron chi connectivity index (χ1n) is 11.3. The number of aryl methyl sites for hydroxylation is 1. The van der Waals surface area contributed by atoms with Crippen LogP contribution >= 0.6 is 0 Å². The van der Waals surface area contributed by atoms with Crippen molar-refractivity contribution in [3.05, 3.63) is 70.9 Å². The van der Waals surface area contributed by atoms with Crippen LogP contribution in [-0.4, -0.2) is 33.7 Å². The number of imidazole rings is 1. The minimum atomic E-state index is -0.186. The average Bonchev–Trinajstić information content (AvgIpc) is 3.28. The molecule has 2 aromatic carbocycles. The third-order valence-electron chi connectivity index (χ3n) is 6.04. The predicted molar refractivity (Wildman–Crippen MR) is 130 cm³/mol. The lowest BCUT2D eigenvalue weighted by molar-refractivity contribution is -0.114. The third-order valence-corrected chi connectivity index (χ3v) is 6.04. The van der Waals surface area contributed by atoms with E-state index in [1.54, 1.807) is 31.4 Å². The first kappa shape index (κ1) is 21.9. The largest absolute Gasteiger partial charge is 0.452 e. The van der Waals surface area contributed by atoms with Gasteiger partial charge >= 0.3 is 0 Å². The Bertz CT molecular complexity index is 1420. The van der Waals surface area contributed by atoms with Crippen LogP contribution in [-0.2, 0) is 16.6 Å². The molecule has 34 heavy (non-hydrogen) atoms. The monoisotopic (exact) mass is 458 g/mol. The number of nitrogens with one attached hydrogen (secondary N) is 2. The molecule has 8 heteroatoms. The minimum absolute atomic E-state index is 0.0927. The molecule has 0 spiro atoms. The van der Waals surface area contributed by atoms with Crippen LogP contribution in [0.15, 0.2) is 59.5 Å². The smallest absolute Gasteiger partial charge is 0.250 e. The summed E-state index contributed by atoms with van der Waals surface area (Å²) in [6.07, 6.45) is 3.60. The molecule has 8 nitrogen and oxygen atoms in total. The molecule has 4 aromatic rings. The maximum atomic E-state index is 12.0. The molecule has 0 aliphatic carbocycles. The van der Waals surface area contributed by atoms with Gasteiger partial charge in [-0.25, -0.2) is 4.98 Å². The number of aromatic nitrogens is 3. The molecule has 2 aromatic heterocycles. The summed E-state index contributed by atoms with van der Waals surface area (Å²) in [7, 11) is 1.72. The number of hydrogen-bond acceptors (Lipinski definition) is 5. The molecule has 0 atom stereocenters. The Labute approximate surface area is 196 Å². The molecule has 1 amide bonds. The number of anilines is 1. The first-order chi connectivity index (χ1) is 16.5. The number of H-pyrrole nitrogens is 1. The van der Waals surface area contributed by atoms with Crippen LogP contribution < -0.4 is 15.6 Å². The Balaban J connectivity index is 1.67. The van der Waals surface area contributed by atoms with Gasteiger partial charge in [-0.15, -0.1) is 0 Å². The highest BCUT2D eigenvalue weighted by molar-refractivity contribution is 5.93. The Morgan fingerprint density at radius 3 is 2.71 bits per heavy atom. The van der Waals surface area contributed by atoms with Crippen molar-refractivity contribution in [2.45, 2.75) is 25.7 Å². The number of aromatic amines is 1. The van der Waals surface area contributed by atoms with Gasteiger partial charge in [0.1, 0.15) is 11.3 Å². The lowest BCUT2D eigenvalue weighted by Crippen LogP contribution is -2.15. The Hall–Kier alpha value is -3.91. The predicted octanol–water partition coefficient (Wildman–Crippen LogP) is 4.57. The highest BCUT2D eigenvalue weighted by Gasteiger charge is 2.23. The zero-order chi connectivity index (χ0) is 23.7. The second-order valence-electron chi connectivity index (χ2n) is 8.49. The van der Waals surface area contributed by atoms with Crippen molar-refractivity contribution in [1.82, 2.24) is 14.5 Å². The Morgan fingerprint density at radius 1 is 1.15 bits per heavy atom. The van der Waals surface area contributed by atoms with E-state index in [1.807, 2.05) is 24.3 Å². The molecule has 5 rings (SSSR count). The molecular weight excluding hydrogens is 432 g/mol. The quantitative estimate of drug-likeness (QED) is 0.456. The topological polar surface area (TPSA) is 98.2 Å². The second-order valence-corrected chi connectivity index (χ2v) is 8.49. The fourth-order valence-corrected chi connectivity index (χ4v) is 4.28. The van der Waals surface area contributed by atoms with Crippen LogP contribution in [0.3, 0.4) is 0 Å². The third kappa shape index (κ3) is 4.32. The summed E-state index contributed by atoms with van der Waals surface area (Å²) in [5.74, 6) is 2.09. The van der Waals surface area contributed by atoms with Crippen molar-refractivity contribution in [1.29, 1.82) is 0 Å². The zero-order valence-electron chi connectivity index (χ0n) is 19.1. The number of ether oxygens (including phenoxy) is 2. The van der Waals surface area contributed by atoms with Crippen molar-refractivity contribution in [2.24, 2.45) is 7.05 Å². The zero-order valence-corrected chi connectivity index (χ0v) is 19.1. The van der Waals surface area contributed by atoms with E-state index in [4.69, 9.17) is 14.5 Å². The highest BCUT2D eigenvalue weighted by atomic mass is 16.5. The second kappa shape index (κ2) is 9.15. The Morgan fingerprint density at radius 2 is 1.94 bits per heavy atom. The van der Waals surface area contributed by atoms with E-state index < -0.39 is 0 Å². The fourth-order valence-electron chi connectivity index (χ4n) is 4.28. The van der Waals surface area contributed by atoms with Gasteiger partial charge < -0.3 is 24.3 Å². The van der Waals surface area contributed by atoms with Gasteiger partial charge in [-0.3, -0.25) is 9.59 Å². The number of amides is 1. The highest BCUT2D eigenvalue weighted by Crippen LogP contribution is 2.41. The molecule has 0 saturated carbocycles. The van der Waals surface area contributed by atoms with Gasteiger partial charge in [0.15, 0.2) is 11.5 Å². The average molecular weight is 459 g/mol. The standard InChI is InChI=1S/C26H26N4O4/c1-16(31)27-20-5-3-4-6-22(20)34-25-19(18-7-10-23(32)30(2)15-18)8-9-21-24(25)29-26(28-21)17-11-13-33-14-12-17/h3-10,15,17H,11-14H2,1-2H3,(H,27,31)(H,28,29). The van der Waals surface area contributed by atoms with Crippen LogP contribution in [0.1, 0.15) is 31.5 Å². The van der Waals surface area contributed by atoms with E-state index in [0.717, 1.165) is 48.5 Å². The first-order valence-corrected chi connectivity index (χ1v) is 11.3. The van der Waals surface area contributed by atoms with Crippen LogP contribution in [0, 0.1) is 0 Å². The maximum absolute atomic E-state index is 12.0. The molecule has 2 N–H and O–H groups in total. The molecule has 0 bridgehead atoms. The van der Waals surface area contributed by atoms with Gasteiger partial charge in [0, 0.05) is 56.5 Å². The van der Waals surface area contributed by atoms with Crippen molar-refractivity contribution < 1.29 is 14.3 Å².